The number of carbonyl (C=O) groups is 1. The molecule has 1 atom stereocenters. The van der Waals surface area contributed by atoms with Crippen LogP contribution in [0.4, 0.5) is 5.82 Å². The van der Waals surface area contributed by atoms with Crippen molar-refractivity contribution in [1.82, 2.24) is 14.4 Å². The second-order valence-corrected chi connectivity index (χ2v) is 9.24. The van der Waals surface area contributed by atoms with Crippen molar-refractivity contribution in [2.24, 2.45) is 0 Å². The van der Waals surface area contributed by atoms with Crippen molar-refractivity contribution in [3.8, 4) is 0 Å². The molecule has 1 saturated heterocycles. The fourth-order valence-electron chi connectivity index (χ4n) is 3.76. The zero-order valence-electron chi connectivity index (χ0n) is 18.5. The number of carboxylic acids is 1. The van der Waals surface area contributed by atoms with E-state index < -0.39 is 12.1 Å². The van der Waals surface area contributed by atoms with Crippen LogP contribution in [-0.4, -0.2) is 49.7 Å². The summed E-state index contributed by atoms with van der Waals surface area (Å²) < 4.78 is 1.41. The van der Waals surface area contributed by atoms with Gasteiger partial charge in [-0.1, -0.05) is 19.9 Å². The summed E-state index contributed by atoms with van der Waals surface area (Å²) >= 11 is 1.58. The molecule has 0 radical (unpaired) electrons. The summed E-state index contributed by atoms with van der Waals surface area (Å²) in [7, 11) is 0. The molecule has 172 valence electrons. The Bertz CT molecular complexity index is 1290. The number of anilines is 1. The van der Waals surface area contributed by atoms with Gasteiger partial charge in [0.25, 0.3) is 5.56 Å². The standard InChI is InChI=1S/C24H26N4O4S/c1-15(2)19-14-33-21(25-19)7-5-16-9-11-28-20(12-16)26-23(27-10-3-4-17(29)13-27)18(24(28)32)6-8-22(30)31/h5-9,11-12,14-15,17,29H,3-4,10,13H2,1-2H3,(H,30,31)/t17-/m0/s1. The van der Waals surface area contributed by atoms with E-state index in [0.717, 1.165) is 28.8 Å². The number of aliphatic carboxylic acids is 1. The smallest absolute Gasteiger partial charge is 0.328 e. The number of β-amino-alcohol motifs (C(OH)–C–C–N with tert-alkyl or cyclic N) is 1. The maximum atomic E-state index is 13.2. The van der Waals surface area contributed by atoms with Gasteiger partial charge in [-0.2, -0.15) is 0 Å². The molecule has 1 fully saturated rings. The van der Waals surface area contributed by atoms with Crippen molar-refractivity contribution < 1.29 is 15.0 Å². The number of nitrogens with zero attached hydrogens (tertiary/aromatic N) is 4. The molecule has 3 aromatic rings. The van der Waals surface area contributed by atoms with Gasteiger partial charge in [0.1, 0.15) is 16.5 Å². The lowest BCUT2D eigenvalue weighted by Gasteiger charge is -2.32. The van der Waals surface area contributed by atoms with Crippen molar-refractivity contribution in [2.45, 2.75) is 38.7 Å². The number of hydrogen-bond donors (Lipinski definition) is 2. The quantitative estimate of drug-likeness (QED) is 0.535. The van der Waals surface area contributed by atoms with Gasteiger partial charge in [0.15, 0.2) is 0 Å². The van der Waals surface area contributed by atoms with Crippen molar-refractivity contribution in [3.05, 3.63) is 62.0 Å². The lowest BCUT2D eigenvalue weighted by atomic mass is 10.1. The largest absolute Gasteiger partial charge is 0.478 e. The van der Waals surface area contributed by atoms with Crippen LogP contribution in [0.25, 0.3) is 23.9 Å². The van der Waals surface area contributed by atoms with Crippen LogP contribution in [0, 0.1) is 0 Å². The Morgan fingerprint density at radius 3 is 2.79 bits per heavy atom. The number of hydrogen-bond acceptors (Lipinski definition) is 7. The summed E-state index contributed by atoms with van der Waals surface area (Å²) in [6.07, 6.45) is 8.66. The molecule has 0 saturated carbocycles. The average Bonchev–Trinajstić information content (AvgIpc) is 3.26. The van der Waals surface area contributed by atoms with Gasteiger partial charge in [0.05, 0.1) is 17.4 Å². The molecule has 9 heteroatoms. The molecule has 3 aromatic heterocycles. The normalized spacial score (nSPS) is 17.1. The number of thiazole rings is 1. The highest BCUT2D eigenvalue weighted by Gasteiger charge is 2.23. The first-order chi connectivity index (χ1) is 15.8. The second-order valence-electron chi connectivity index (χ2n) is 8.35. The lowest BCUT2D eigenvalue weighted by Crippen LogP contribution is -2.40. The summed E-state index contributed by atoms with van der Waals surface area (Å²) in [5, 5.41) is 22.1. The molecule has 1 aliphatic heterocycles. The van der Waals surface area contributed by atoms with Crippen molar-refractivity contribution in [2.75, 3.05) is 18.0 Å². The predicted octanol–water partition coefficient (Wildman–Crippen LogP) is 3.50. The fourth-order valence-corrected chi connectivity index (χ4v) is 4.63. The van der Waals surface area contributed by atoms with Crippen LogP contribution in [0.1, 0.15) is 54.4 Å². The molecular weight excluding hydrogens is 440 g/mol. The minimum absolute atomic E-state index is 0.191. The van der Waals surface area contributed by atoms with Crippen LogP contribution < -0.4 is 10.5 Å². The topological polar surface area (TPSA) is 108 Å². The SMILES string of the molecule is CC(C)c1csc(C=Cc2ccn3c(=O)c(C=CC(=O)O)c(N4CCC[C@H](O)C4)nc3c2)n1. The Kier molecular flexibility index (Phi) is 6.71. The number of piperidine rings is 1. The van der Waals surface area contributed by atoms with Gasteiger partial charge in [-0.15, -0.1) is 11.3 Å². The third-order valence-electron chi connectivity index (χ3n) is 5.51. The fraction of sp³-hybridized carbons (Fsp3) is 0.333. The van der Waals surface area contributed by atoms with E-state index in [2.05, 4.69) is 24.2 Å². The molecule has 0 amide bonds. The number of pyridine rings is 1. The summed E-state index contributed by atoms with van der Waals surface area (Å²) in [6.45, 7) is 5.19. The lowest BCUT2D eigenvalue weighted by molar-refractivity contribution is -0.131. The highest BCUT2D eigenvalue weighted by atomic mass is 32.1. The first kappa shape index (κ1) is 22.9. The summed E-state index contributed by atoms with van der Waals surface area (Å²) in [6, 6.07) is 3.61. The maximum Gasteiger partial charge on any atom is 0.328 e. The van der Waals surface area contributed by atoms with Crippen LogP contribution >= 0.6 is 11.3 Å². The van der Waals surface area contributed by atoms with Crippen molar-refractivity contribution >= 4 is 47.0 Å². The van der Waals surface area contributed by atoms with Gasteiger partial charge in [-0.05, 0) is 48.6 Å². The van der Waals surface area contributed by atoms with E-state index in [1.54, 1.807) is 23.6 Å². The first-order valence-electron chi connectivity index (χ1n) is 10.9. The number of aromatic nitrogens is 3. The third kappa shape index (κ3) is 5.20. The number of fused-ring (bicyclic) bond motifs is 1. The molecule has 1 aliphatic rings. The van der Waals surface area contributed by atoms with Crippen LogP contribution in [0.2, 0.25) is 0 Å². The maximum absolute atomic E-state index is 13.2. The molecule has 4 rings (SSSR count). The minimum atomic E-state index is -1.15. The van der Waals surface area contributed by atoms with Gasteiger partial charge in [-0.25, -0.2) is 14.8 Å². The van der Waals surface area contributed by atoms with Crippen LogP contribution in [0.5, 0.6) is 0 Å². The molecule has 0 aliphatic carbocycles. The zero-order chi connectivity index (χ0) is 23.5. The Morgan fingerprint density at radius 1 is 1.27 bits per heavy atom. The monoisotopic (exact) mass is 466 g/mol. The number of aliphatic hydroxyl groups excluding tert-OH is 1. The van der Waals surface area contributed by atoms with Gasteiger partial charge in [-0.3, -0.25) is 9.20 Å². The van der Waals surface area contributed by atoms with E-state index >= 15 is 0 Å². The summed E-state index contributed by atoms with van der Waals surface area (Å²) in [5.74, 6) is -0.387. The number of aliphatic hydroxyl groups is 1. The van der Waals surface area contributed by atoms with E-state index in [0.29, 0.717) is 36.9 Å². The number of rotatable bonds is 6. The average molecular weight is 467 g/mol. The van der Waals surface area contributed by atoms with Crippen LogP contribution in [0.3, 0.4) is 0 Å². The minimum Gasteiger partial charge on any atom is -0.478 e. The first-order valence-corrected chi connectivity index (χ1v) is 11.7. The second kappa shape index (κ2) is 9.68. The molecule has 0 unspecified atom stereocenters. The summed E-state index contributed by atoms with van der Waals surface area (Å²) in [4.78, 5) is 35.4. The molecule has 8 nitrogen and oxygen atoms in total. The molecule has 2 N–H and O–H groups in total. The van der Waals surface area contributed by atoms with Crippen molar-refractivity contribution in [1.29, 1.82) is 0 Å². The van der Waals surface area contributed by atoms with Crippen LogP contribution in [0.15, 0.2) is 34.6 Å². The number of carboxylic acid groups (broad SMARTS) is 1. The Hall–Kier alpha value is -3.30. The van der Waals surface area contributed by atoms with Gasteiger partial charge in [0.2, 0.25) is 0 Å². The van der Waals surface area contributed by atoms with Crippen LogP contribution in [-0.2, 0) is 4.79 Å². The predicted molar refractivity (Wildman–Crippen MR) is 131 cm³/mol. The Labute approximate surface area is 195 Å². The molecule has 0 aromatic carbocycles. The molecular formula is C24H26N4O4S. The van der Waals surface area contributed by atoms with Crippen molar-refractivity contribution in [3.63, 3.8) is 0 Å². The molecule has 0 spiro atoms. The van der Waals surface area contributed by atoms with E-state index in [1.165, 1.54) is 10.5 Å². The molecule has 4 heterocycles. The molecule has 33 heavy (non-hydrogen) atoms. The van der Waals surface area contributed by atoms with Gasteiger partial charge < -0.3 is 15.1 Å². The van der Waals surface area contributed by atoms with E-state index in [1.807, 2.05) is 23.1 Å². The molecule has 0 bridgehead atoms. The van der Waals surface area contributed by atoms with Gasteiger partial charge >= 0.3 is 5.97 Å². The van der Waals surface area contributed by atoms with E-state index in [9.17, 15) is 14.7 Å². The van der Waals surface area contributed by atoms with Gasteiger partial charge in [0, 0.05) is 30.7 Å². The highest BCUT2D eigenvalue weighted by Crippen LogP contribution is 2.23. The summed E-state index contributed by atoms with van der Waals surface area (Å²) in [5.41, 5.74) is 2.20. The highest BCUT2D eigenvalue weighted by molar-refractivity contribution is 7.10. The Morgan fingerprint density at radius 2 is 2.09 bits per heavy atom. The van der Waals surface area contributed by atoms with E-state index in [4.69, 9.17) is 10.1 Å². The zero-order valence-corrected chi connectivity index (χ0v) is 19.3. The Balaban J connectivity index is 1.75. The third-order valence-corrected chi connectivity index (χ3v) is 6.34. The van der Waals surface area contributed by atoms with E-state index in [-0.39, 0.29) is 11.1 Å².